The zero-order valence-electron chi connectivity index (χ0n) is 9.99. The highest BCUT2D eigenvalue weighted by atomic mass is 35.5. The second-order valence-corrected chi connectivity index (χ2v) is 5.65. The van der Waals surface area contributed by atoms with Crippen LogP contribution in [0.25, 0.3) is 0 Å². The molecule has 96 valence electrons. The second kappa shape index (κ2) is 6.99. The molecule has 2 heterocycles. The fraction of sp³-hybridized carbons (Fsp3) is 0.583. The number of nitrogens with one attached hydrogen (secondary N) is 2. The van der Waals surface area contributed by atoms with Crippen molar-refractivity contribution in [2.24, 2.45) is 0 Å². The first-order valence-electron chi connectivity index (χ1n) is 5.79. The molecular weight excluding hydrogens is 256 g/mol. The quantitative estimate of drug-likeness (QED) is 0.884. The molecule has 1 aliphatic rings. The topological polar surface area (TPSA) is 41.1 Å². The van der Waals surface area contributed by atoms with E-state index in [0.717, 1.165) is 30.8 Å². The van der Waals surface area contributed by atoms with E-state index in [4.69, 9.17) is 0 Å². The fourth-order valence-electron chi connectivity index (χ4n) is 1.98. The van der Waals surface area contributed by atoms with Crippen LogP contribution in [0.5, 0.6) is 0 Å². The minimum absolute atomic E-state index is 0. The Hall–Kier alpha value is -0.580. The molecule has 0 aromatic carbocycles. The van der Waals surface area contributed by atoms with E-state index in [2.05, 4.69) is 23.6 Å². The zero-order chi connectivity index (χ0) is 11.4. The summed E-state index contributed by atoms with van der Waals surface area (Å²) in [4.78, 5) is 14.2. The van der Waals surface area contributed by atoms with Crippen LogP contribution < -0.4 is 10.6 Å². The van der Waals surface area contributed by atoms with E-state index in [1.807, 2.05) is 6.07 Å². The maximum atomic E-state index is 11.8. The van der Waals surface area contributed by atoms with Gasteiger partial charge in [-0.25, -0.2) is 0 Å². The van der Waals surface area contributed by atoms with E-state index in [9.17, 15) is 4.79 Å². The Morgan fingerprint density at radius 1 is 1.47 bits per heavy atom. The third kappa shape index (κ3) is 4.66. The highest BCUT2D eigenvalue weighted by Crippen LogP contribution is 2.15. The summed E-state index contributed by atoms with van der Waals surface area (Å²) in [5, 5.41) is 6.40. The highest BCUT2D eigenvalue weighted by Gasteiger charge is 2.15. The number of aryl methyl sites for hydroxylation is 1. The summed E-state index contributed by atoms with van der Waals surface area (Å²) in [5.41, 5.74) is 0. The van der Waals surface area contributed by atoms with Crippen LogP contribution in [0.3, 0.4) is 0 Å². The summed E-state index contributed by atoms with van der Waals surface area (Å²) in [5.74, 6) is 0.161. The maximum absolute atomic E-state index is 11.8. The van der Waals surface area contributed by atoms with Crippen molar-refractivity contribution in [2.45, 2.75) is 32.2 Å². The van der Waals surface area contributed by atoms with Gasteiger partial charge in [0.1, 0.15) is 0 Å². The largest absolute Gasteiger partial charge is 0.353 e. The van der Waals surface area contributed by atoms with Crippen molar-refractivity contribution in [3.63, 3.8) is 0 Å². The lowest BCUT2D eigenvalue weighted by Gasteiger charge is -2.23. The van der Waals surface area contributed by atoms with E-state index in [-0.39, 0.29) is 18.3 Å². The van der Waals surface area contributed by atoms with Crippen LogP contribution in [0.1, 0.15) is 22.6 Å². The lowest BCUT2D eigenvalue weighted by molar-refractivity contribution is -0.121. The molecule has 1 aromatic rings. The van der Waals surface area contributed by atoms with Crippen molar-refractivity contribution in [1.82, 2.24) is 10.6 Å². The second-order valence-electron chi connectivity index (χ2n) is 4.28. The van der Waals surface area contributed by atoms with Crippen molar-refractivity contribution >= 4 is 29.7 Å². The number of hydrogen-bond donors (Lipinski definition) is 2. The van der Waals surface area contributed by atoms with Gasteiger partial charge in [-0.1, -0.05) is 0 Å². The average molecular weight is 275 g/mol. The molecule has 1 saturated heterocycles. The molecule has 0 saturated carbocycles. The summed E-state index contributed by atoms with van der Waals surface area (Å²) in [6, 6.07) is 4.48. The van der Waals surface area contributed by atoms with Crippen molar-refractivity contribution in [3.05, 3.63) is 21.9 Å². The van der Waals surface area contributed by atoms with Crippen LogP contribution in [0.4, 0.5) is 0 Å². The lowest BCUT2D eigenvalue weighted by Crippen LogP contribution is -2.43. The number of carbonyl (C=O) groups is 1. The summed E-state index contributed by atoms with van der Waals surface area (Å²) in [7, 11) is 0. The van der Waals surface area contributed by atoms with Crippen LogP contribution in [0.15, 0.2) is 12.1 Å². The molecule has 0 bridgehead atoms. The smallest absolute Gasteiger partial charge is 0.225 e. The first-order valence-corrected chi connectivity index (χ1v) is 6.61. The molecule has 0 radical (unpaired) electrons. The molecule has 1 amide bonds. The van der Waals surface area contributed by atoms with Gasteiger partial charge in [-0.05, 0) is 45.0 Å². The van der Waals surface area contributed by atoms with Gasteiger partial charge in [0, 0.05) is 15.8 Å². The Balaban J connectivity index is 0.00000144. The van der Waals surface area contributed by atoms with Gasteiger partial charge in [-0.2, -0.15) is 0 Å². The van der Waals surface area contributed by atoms with Crippen LogP contribution in [0.2, 0.25) is 0 Å². The van der Waals surface area contributed by atoms with Crippen molar-refractivity contribution in [2.75, 3.05) is 13.1 Å². The summed E-state index contributed by atoms with van der Waals surface area (Å²) in [6.45, 7) is 4.10. The monoisotopic (exact) mass is 274 g/mol. The Morgan fingerprint density at radius 3 is 2.76 bits per heavy atom. The SMILES string of the molecule is Cc1ccc(CC(=O)NC2CCNCC2)s1.Cl. The molecule has 0 aliphatic carbocycles. The molecule has 0 unspecified atom stereocenters. The zero-order valence-corrected chi connectivity index (χ0v) is 11.6. The molecule has 0 spiro atoms. The van der Waals surface area contributed by atoms with Gasteiger partial charge in [-0.15, -0.1) is 23.7 Å². The van der Waals surface area contributed by atoms with Crippen LogP contribution >= 0.6 is 23.7 Å². The first kappa shape index (κ1) is 14.5. The number of carbonyl (C=O) groups excluding carboxylic acids is 1. The van der Waals surface area contributed by atoms with Gasteiger partial charge < -0.3 is 10.6 Å². The van der Waals surface area contributed by atoms with E-state index < -0.39 is 0 Å². The van der Waals surface area contributed by atoms with E-state index >= 15 is 0 Å². The lowest BCUT2D eigenvalue weighted by atomic mass is 10.1. The van der Waals surface area contributed by atoms with Crippen LogP contribution in [-0.2, 0) is 11.2 Å². The maximum Gasteiger partial charge on any atom is 0.225 e. The van der Waals surface area contributed by atoms with Gasteiger partial charge in [0.25, 0.3) is 0 Å². The number of rotatable bonds is 3. The number of piperidine rings is 1. The average Bonchev–Trinajstić information content (AvgIpc) is 2.65. The third-order valence-corrected chi connectivity index (χ3v) is 3.84. The molecular formula is C12H19ClN2OS. The number of thiophene rings is 1. The number of hydrogen-bond acceptors (Lipinski definition) is 3. The summed E-state index contributed by atoms with van der Waals surface area (Å²) >= 11 is 1.70. The van der Waals surface area contributed by atoms with E-state index in [1.54, 1.807) is 11.3 Å². The fourth-order valence-corrected chi connectivity index (χ4v) is 2.87. The van der Waals surface area contributed by atoms with Crippen LogP contribution in [-0.4, -0.2) is 25.0 Å². The molecule has 1 aliphatic heterocycles. The Labute approximate surface area is 112 Å². The molecule has 2 N–H and O–H groups in total. The molecule has 1 fully saturated rings. The van der Waals surface area contributed by atoms with Crippen molar-refractivity contribution in [1.29, 1.82) is 0 Å². The summed E-state index contributed by atoms with van der Waals surface area (Å²) < 4.78 is 0. The van der Waals surface area contributed by atoms with Crippen molar-refractivity contribution in [3.8, 4) is 0 Å². The molecule has 2 rings (SSSR count). The first-order chi connectivity index (χ1) is 7.74. The molecule has 3 nitrogen and oxygen atoms in total. The van der Waals surface area contributed by atoms with Gasteiger partial charge in [0.05, 0.1) is 6.42 Å². The predicted molar refractivity (Wildman–Crippen MR) is 74.0 cm³/mol. The minimum atomic E-state index is 0. The number of halogens is 1. The number of amides is 1. The molecule has 5 heteroatoms. The van der Waals surface area contributed by atoms with Gasteiger partial charge in [-0.3, -0.25) is 4.79 Å². The predicted octanol–water partition coefficient (Wildman–Crippen LogP) is 1.89. The Kier molecular flexibility index (Phi) is 5.95. The molecule has 17 heavy (non-hydrogen) atoms. The normalized spacial score (nSPS) is 16.3. The highest BCUT2D eigenvalue weighted by molar-refractivity contribution is 7.12. The van der Waals surface area contributed by atoms with E-state index in [0.29, 0.717) is 12.5 Å². The van der Waals surface area contributed by atoms with Gasteiger partial charge in [0.15, 0.2) is 0 Å². The van der Waals surface area contributed by atoms with Gasteiger partial charge >= 0.3 is 0 Å². The Morgan fingerprint density at radius 2 is 2.18 bits per heavy atom. The molecule has 0 atom stereocenters. The standard InChI is InChI=1S/C12H18N2OS.ClH/c1-9-2-3-11(16-9)8-12(15)14-10-4-6-13-7-5-10;/h2-3,10,13H,4-8H2,1H3,(H,14,15);1H. The minimum Gasteiger partial charge on any atom is -0.353 e. The van der Waals surface area contributed by atoms with Crippen LogP contribution in [0, 0.1) is 6.92 Å². The van der Waals surface area contributed by atoms with E-state index in [1.165, 1.54) is 4.88 Å². The van der Waals surface area contributed by atoms with Gasteiger partial charge in [0.2, 0.25) is 5.91 Å². The summed E-state index contributed by atoms with van der Waals surface area (Å²) in [6.07, 6.45) is 2.63. The van der Waals surface area contributed by atoms with Crippen molar-refractivity contribution < 1.29 is 4.79 Å². The third-order valence-electron chi connectivity index (χ3n) is 2.84. The molecule has 1 aromatic heterocycles. The Bertz CT molecular complexity index is 361.